The van der Waals surface area contributed by atoms with Crippen molar-refractivity contribution in [2.45, 2.75) is 33.2 Å². The highest BCUT2D eigenvalue weighted by Crippen LogP contribution is 2.21. The van der Waals surface area contributed by atoms with Gasteiger partial charge in [0, 0.05) is 31.9 Å². The van der Waals surface area contributed by atoms with E-state index < -0.39 is 6.04 Å². The monoisotopic (exact) mass is 330 g/mol. The zero-order chi connectivity index (χ0) is 15.9. The van der Waals surface area contributed by atoms with Crippen LogP contribution in [0, 0.1) is 5.41 Å². The number of carbonyl (C=O) groups is 1. The Kier molecular flexibility index (Phi) is 9.09. The van der Waals surface area contributed by atoms with E-state index in [0.717, 1.165) is 6.42 Å². The molecule has 0 saturated carbocycles. The van der Waals surface area contributed by atoms with Gasteiger partial charge in [-0.2, -0.15) is 0 Å². The van der Waals surface area contributed by atoms with Crippen LogP contribution in [-0.4, -0.2) is 32.3 Å². The van der Waals surface area contributed by atoms with E-state index in [1.165, 1.54) is 0 Å². The summed E-state index contributed by atoms with van der Waals surface area (Å²) in [4.78, 5) is 12.1. The first-order valence-corrected chi connectivity index (χ1v) is 7.13. The summed E-state index contributed by atoms with van der Waals surface area (Å²) < 4.78 is 10.6. The van der Waals surface area contributed by atoms with Gasteiger partial charge >= 0.3 is 0 Å². The van der Waals surface area contributed by atoms with E-state index in [9.17, 15) is 4.79 Å². The molecule has 1 aromatic carbocycles. The maximum Gasteiger partial charge on any atom is 0.241 e. The minimum absolute atomic E-state index is 0. The molecule has 0 radical (unpaired) electrons. The summed E-state index contributed by atoms with van der Waals surface area (Å²) in [5, 5.41) is 2.82. The van der Waals surface area contributed by atoms with Crippen molar-refractivity contribution in [2.24, 2.45) is 11.1 Å². The molecule has 3 N–H and O–H groups in total. The predicted octanol–water partition coefficient (Wildman–Crippen LogP) is 2.84. The molecule has 0 fully saturated rings. The number of nitrogens with two attached hydrogens (primary N) is 1. The molecule has 0 spiro atoms. The second-order valence-corrected chi connectivity index (χ2v) is 6.06. The van der Waals surface area contributed by atoms with Crippen LogP contribution >= 0.6 is 12.4 Å². The first kappa shape index (κ1) is 20.7. The molecule has 126 valence electrons. The Morgan fingerprint density at radius 3 is 2.59 bits per heavy atom. The molecule has 0 aliphatic carbocycles. The van der Waals surface area contributed by atoms with E-state index in [0.29, 0.717) is 24.7 Å². The number of amides is 1. The highest BCUT2D eigenvalue weighted by atomic mass is 35.5. The number of hydrogen-bond donors (Lipinski definition) is 2. The van der Waals surface area contributed by atoms with Gasteiger partial charge in [-0.05, 0) is 17.5 Å². The standard InChI is InChI=1S/C16H26N2O3.ClH/c1-16(2,3)14(17)15(19)18-12-7-5-8-13(11-12)21-10-6-9-20-4;/h5,7-8,11,14H,6,9-10,17H2,1-4H3,(H,18,19);1H/t14-;/m1./s1. The summed E-state index contributed by atoms with van der Waals surface area (Å²) in [6, 6.07) is 6.73. The third-order valence-electron chi connectivity index (χ3n) is 3.08. The van der Waals surface area contributed by atoms with Gasteiger partial charge in [0.05, 0.1) is 12.6 Å². The molecular formula is C16H27ClN2O3. The SMILES string of the molecule is COCCCOc1cccc(NC(=O)[C@@H](N)C(C)(C)C)c1.Cl. The third-order valence-corrected chi connectivity index (χ3v) is 3.08. The number of ether oxygens (including phenoxy) is 2. The van der Waals surface area contributed by atoms with E-state index >= 15 is 0 Å². The zero-order valence-corrected chi connectivity index (χ0v) is 14.5. The van der Waals surface area contributed by atoms with Crippen molar-refractivity contribution >= 4 is 24.0 Å². The lowest BCUT2D eigenvalue weighted by Gasteiger charge is -2.25. The summed E-state index contributed by atoms with van der Waals surface area (Å²) in [6.07, 6.45) is 0.821. The molecule has 0 aliphatic heterocycles. The van der Waals surface area contributed by atoms with Gasteiger partial charge in [0.15, 0.2) is 0 Å². The van der Waals surface area contributed by atoms with Gasteiger partial charge in [-0.3, -0.25) is 4.79 Å². The van der Waals surface area contributed by atoms with Gasteiger partial charge in [0.1, 0.15) is 5.75 Å². The summed E-state index contributed by atoms with van der Waals surface area (Å²) in [7, 11) is 1.66. The Hall–Kier alpha value is -1.30. The average Bonchev–Trinajstić information content (AvgIpc) is 2.42. The lowest BCUT2D eigenvalue weighted by atomic mass is 9.87. The average molecular weight is 331 g/mol. The molecular weight excluding hydrogens is 304 g/mol. The van der Waals surface area contributed by atoms with Crippen LogP contribution in [0.5, 0.6) is 5.75 Å². The second-order valence-electron chi connectivity index (χ2n) is 6.06. The van der Waals surface area contributed by atoms with E-state index in [-0.39, 0.29) is 23.7 Å². The Morgan fingerprint density at radius 1 is 1.32 bits per heavy atom. The molecule has 0 saturated heterocycles. The van der Waals surface area contributed by atoms with Crippen LogP contribution in [-0.2, 0) is 9.53 Å². The van der Waals surface area contributed by atoms with E-state index in [1.54, 1.807) is 13.2 Å². The Bertz CT molecular complexity index is 461. The second kappa shape index (κ2) is 9.66. The minimum atomic E-state index is -0.566. The van der Waals surface area contributed by atoms with Crippen LogP contribution in [0.25, 0.3) is 0 Å². The molecule has 0 aromatic heterocycles. The van der Waals surface area contributed by atoms with Gasteiger partial charge in [-0.25, -0.2) is 0 Å². The first-order valence-electron chi connectivity index (χ1n) is 7.13. The lowest BCUT2D eigenvalue weighted by molar-refractivity contribution is -0.119. The third kappa shape index (κ3) is 7.11. The van der Waals surface area contributed by atoms with Crippen molar-refractivity contribution in [2.75, 3.05) is 25.6 Å². The summed E-state index contributed by atoms with van der Waals surface area (Å²) >= 11 is 0. The quantitative estimate of drug-likeness (QED) is 0.754. The molecule has 0 heterocycles. The molecule has 22 heavy (non-hydrogen) atoms. The number of halogens is 1. The van der Waals surface area contributed by atoms with Crippen molar-refractivity contribution in [3.8, 4) is 5.75 Å². The fraction of sp³-hybridized carbons (Fsp3) is 0.562. The Morgan fingerprint density at radius 2 is 2.00 bits per heavy atom. The van der Waals surface area contributed by atoms with Crippen molar-refractivity contribution in [1.82, 2.24) is 0 Å². The molecule has 0 bridgehead atoms. The zero-order valence-electron chi connectivity index (χ0n) is 13.7. The smallest absolute Gasteiger partial charge is 0.241 e. The molecule has 1 rings (SSSR count). The fourth-order valence-corrected chi connectivity index (χ4v) is 1.67. The number of benzene rings is 1. The van der Waals surface area contributed by atoms with Gasteiger partial charge in [-0.1, -0.05) is 26.8 Å². The Labute approximate surface area is 139 Å². The molecule has 1 atom stereocenters. The van der Waals surface area contributed by atoms with Crippen molar-refractivity contribution in [3.63, 3.8) is 0 Å². The highest BCUT2D eigenvalue weighted by Gasteiger charge is 2.27. The molecule has 1 amide bonds. The van der Waals surface area contributed by atoms with E-state index in [1.807, 2.05) is 39.0 Å². The van der Waals surface area contributed by atoms with Crippen LogP contribution in [0.1, 0.15) is 27.2 Å². The van der Waals surface area contributed by atoms with E-state index in [4.69, 9.17) is 15.2 Å². The summed E-state index contributed by atoms with van der Waals surface area (Å²) in [5.74, 6) is 0.521. The van der Waals surface area contributed by atoms with Gasteiger partial charge < -0.3 is 20.5 Å². The van der Waals surface area contributed by atoms with Crippen LogP contribution in [0.15, 0.2) is 24.3 Å². The molecule has 0 unspecified atom stereocenters. The molecule has 1 aromatic rings. The summed E-state index contributed by atoms with van der Waals surface area (Å²) in [6.45, 7) is 7.05. The predicted molar refractivity (Wildman–Crippen MR) is 91.7 cm³/mol. The number of methoxy groups -OCH3 is 1. The number of nitrogens with one attached hydrogen (secondary N) is 1. The normalized spacial score (nSPS) is 12.2. The molecule has 6 heteroatoms. The topological polar surface area (TPSA) is 73.6 Å². The molecule has 5 nitrogen and oxygen atoms in total. The number of anilines is 1. The van der Waals surface area contributed by atoms with Crippen LogP contribution in [0.4, 0.5) is 5.69 Å². The maximum atomic E-state index is 12.1. The van der Waals surface area contributed by atoms with Crippen LogP contribution in [0.3, 0.4) is 0 Å². The van der Waals surface area contributed by atoms with Gasteiger partial charge in [-0.15, -0.1) is 12.4 Å². The van der Waals surface area contributed by atoms with Crippen molar-refractivity contribution in [3.05, 3.63) is 24.3 Å². The number of hydrogen-bond acceptors (Lipinski definition) is 4. The van der Waals surface area contributed by atoms with E-state index in [2.05, 4.69) is 5.32 Å². The van der Waals surface area contributed by atoms with Gasteiger partial charge in [0.25, 0.3) is 0 Å². The largest absolute Gasteiger partial charge is 0.493 e. The minimum Gasteiger partial charge on any atom is -0.493 e. The summed E-state index contributed by atoms with van der Waals surface area (Å²) in [5.41, 5.74) is 6.34. The fourth-order valence-electron chi connectivity index (χ4n) is 1.67. The first-order chi connectivity index (χ1) is 9.84. The van der Waals surface area contributed by atoms with Crippen molar-refractivity contribution < 1.29 is 14.3 Å². The molecule has 0 aliphatic rings. The maximum absolute atomic E-state index is 12.1. The lowest BCUT2D eigenvalue weighted by Crippen LogP contribution is -2.45. The van der Waals surface area contributed by atoms with Gasteiger partial charge in [0.2, 0.25) is 5.91 Å². The highest BCUT2D eigenvalue weighted by molar-refractivity contribution is 5.95. The Balaban J connectivity index is 0.00000441. The number of carbonyl (C=O) groups excluding carboxylic acids is 1. The number of rotatable bonds is 7. The van der Waals surface area contributed by atoms with Crippen molar-refractivity contribution in [1.29, 1.82) is 0 Å². The van der Waals surface area contributed by atoms with Crippen LogP contribution < -0.4 is 15.8 Å². The van der Waals surface area contributed by atoms with Crippen LogP contribution in [0.2, 0.25) is 0 Å².